The van der Waals surface area contributed by atoms with Gasteiger partial charge in [0, 0.05) is 0 Å². The lowest BCUT2D eigenvalue weighted by Gasteiger charge is -2.32. The maximum absolute atomic E-state index is 9.21. The first-order chi connectivity index (χ1) is 8.41. The van der Waals surface area contributed by atoms with Gasteiger partial charge in [-0.1, -0.05) is 34.6 Å². The quantitative estimate of drug-likeness (QED) is 0.556. The van der Waals surface area contributed by atoms with Crippen LogP contribution >= 0.6 is 0 Å². The third-order valence-corrected chi connectivity index (χ3v) is 3.02. The number of carbonyl (C=O) groups is 1. The van der Waals surface area contributed by atoms with Crippen LogP contribution in [0.5, 0.6) is 0 Å². The predicted molar refractivity (Wildman–Crippen MR) is 77.4 cm³/mol. The van der Waals surface area contributed by atoms with Gasteiger partial charge in [-0.15, -0.1) is 0 Å². The minimum Gasteiger partial charge on any atom is -0.468 e. The highest BCUT2D eigenvalue weighted by atomic mass is 16.5. The van der Waals surface area contributed by atoms with Crippen LogP contribution in [0.4, 0.5) is 0 Å². The molecule has 108 valence electrons. The average Bonchev–Trinajstić information content (AvgIpc) is 2.33. The van der Waals surface area contributed by atoms with Crippen LogP contribution in [0, 0.1) is 11.3 Å². The van der Waals surface area contributed by atoms with Crippen molar-refractivity contribution in [2.75, 3.05) is 6.61 Å². The molecule has 0 amide bonds. The Morgan fingerprint density at radius 3 is 1.94 bits per heavy atom. The molecular formula is C15H31O3+. The third kappa shape index (κ3) is 10.3. The van der Waals surface area contributed by atoms with E-state index in [-0.39, 0.29) is 0 Å². The van der Waals surface area contributed by atoms with Gasteiger partial charge >= 0.3 is 0 Å². The Balaban J connectivity index is 0. The van der Waals surface area contributed by atoms with E-state index in [0.29, 0.717) is 24.3 Å². The van der Waals surface area contributed by atoms with Crippen LogP contribution in [-0.2, 0) is 9.53 Å². The van der Waals surface area contributed by atoms with Gasteiger partial charge in [0.2, 0.25) is 0 Å². The van der Waals surface area contributed by atoms with Crippen molar-refractivity contribution >= 4 is 12.3 Å². The molecule has 0 aromatic carbocycles. The number of ketones is 1. The minimum atomic E-state index is 0.431. The largest absolute Gasteiger partial charge is 0.468 e. The SMILES string of the molecule is CC.CC(C)(C)C1CCC(=[OH+])CC1.CCOC=O. The van der Waals surface area contributed by atoms with Crippen molar-refractivity contribution in [2.45, 2.75) is 67.2 Å². The van der Waals surface area contributed by atoms with Crippen molar-refractivity contribution in [1.29, 1.82) is 0 Å². The molecule has 1 fully saturated rings. The number of rotatable bonds is 2. The zero-order valence-electron chi connectivity index (χ0n) is 13.0. The molecule has 0 aliphatic heterocycles. The van der Waals surface area contributed by atoms with Gasteiger partial charge in [0.1, 0.15) is 0 Å². The summed E-state index contributed by atoms with van der Waals surface area (Å²) in [5.74, 6) is 1.52. The summed E-state index contributed by atoms with van der Waals surface area (Å²) in [4.78, 5) is 18.4. The highest BCUT2D eigenvalue weighted by molar-refractivity contribution is 5.80. The Bertz CT molecular complexity index is 206. The fraction of sp³-hybridized carbons (Fsp3) is 0.867. The molecule has 0 aromatic heterocycles. The van der Waals surface area contributed by atoms with E-state index in [1.807, 2.05) is 13.8 Å². The van der Waals surface area contributed by atoms with Gasteiger partial charge in [-0.2, -0.15) is 0 Å². The Kier molecular flexibility index (Phi) is 12.2. The molecule has 3 nitrogen and oxygen atoms in total. The number of hydrogen-bond donors (Lipinski definition) is 0. The number of carbonyl (C=O) groups excluding carboxylic acids is 2. The van der Waals surface area contributed by atoms with Crippen molar-refractivity contribution in [2.24, 2.45) is 11.3 Å². The Hall–Kier alpha value is -0.860. The molecule has 0 bridgehead atoms. The summed E-state index contributed by atoms with van der Waals surface area (Å²) >= 11 is 0. The van der Waals surface area contributed by atoms with Crippen LogP contribution in [0.15, 0.2) is 0 Å². The molecule has 0 heterocycles. The first-order valence-electron chi connectivity index (χ1n) is 7.00. The smallest absolute Gasteiger partial charge is 0.293 e. The van der Waals surface area contributed by atoms with Gasteiger partial charge < -0.3 is 4.74 Å². The molecule has 0 unspecified atom stereocenters. The third-order valence-electron chi connectivity index (χ3n) is 3.02. The van der Waals surface area contributed by atoms with Gasteiger partial charge in [0.05, 0.1) is 19.4 Å². The van der Waals surface area contributed by atoms with Crippen LogP contribution in [-0.4, -0.2) is 23.7 Å². The highest BCUT2D eigenvalue weighted by Gasteiger charge is 2.30. The molecule has 1 aliphatic carbocycles. The number of hydrogen-bond acceptors (Lipinski definition) is 2. The molecule has 18 heavy (non-hydrogen) atoms. The molecule has 3 heteroatoms. The standard InChI is InChI=1S/C10H18O.C3H6O2.C2H6/c1-10(2,3)8-4-6-9(11)7-5-8;1-2-5-3-4;1-2/h8H,4-7H2,1-3H3;3H,2H2,1H3;1-2H3/p+1. The van der Waals surface area contributed by atoms with E-state index >= 15 is 0 Å². The summed E-state index contributed by atoms with van der Waals surface area (Å²) in [6.07, 6.45) is 4.22. The highest BCUT2D eigenvalue weighted by Crippen LogP contribution is 2.36. The van der Waals surface area contributed by atoms with E-state index in [2.05, 4.69) is 25.5 Å². The van der Waals surface area contributed by atoms with Gasteiger partial charge in [0.15, 0.2) is 0 Å². The normalized spacial score (nSPS) is 18.8. The Labute approximate surface area is 112 Å². The zero-order chi connectivity index (χ0) is 14.6. The summed E-state index contributed by atoms with van der Waals surface area (Å²) in [5, 5.41) is 0. The second-order valence-corrected chi connectivity index (χ2v) is 5.26. The van der Waals surface area contributed by atoms with Crippen molar-refractivity contribution in [3.05, 3.63) is 0 Å². The predicted octanol–water partition coefficient (Wildman–Crippen LogP) is 3.97. The van der Waals surface area contributed by atoms with E-state index in [9.17, 15) is 9.59 Å². The lowest BCUT2D eigenvalue weighted by atomic mass is 9.72. The average molecular weight is 259 g/mol. The fourth-order valence-electron chi connectivity index (χ4n) is 1.89. The van der Waals surface area contributed by atoms with E-state index in [0.717, 1.165) is 18.8 Å². The molecule has 0 radical (unpaired) electrons. The molecular weight excluding hydrogens is 228 g/mol. The monoisotopic (exact) mass is 259 g/mol. The summed E-state index contributed by atoms with van der Waals surface area (Å²) in [5.41, 5.74) is 0.431. The van der Waals surface area contributed by atoms with E-state index in [1.54, 1.807) is 6.92 Å². The van der Waals surface area contributed by atoms with Gasteiger partial charge in [-0.3, -0.25) is 9.59 Å². The first-order valence-corrected chi connectivity index (χ1v) is 7.00. The molecule has 0 spiro atoms. The molecule has 1 rings (SSSR count). The van der Waals surface area contributed by atoms with Gasteiger partial charge in [-0.25, -0.2) is 0 Å². The second kappa shape index (κ2) is 11.2. The van der Waals surface area contributed by atoms with Crippen LogP contribution < -0.4 is 0 Å². The van der Waals surface area contributed by atoms with Crippen molar-refractivity contribution in [3.8, 4) is 0 Å². The topological polar surface area (TPSA) is 47.7 Å². The van der Waals surface area contributed by atoms with E-state index < -0.39 is 0 Å². The zero-order valence-corrected chi connectivity index (χ0v) is 13.0. The second-order valence-electron chi connectivity index (χ2n) is 5.26. The van der Waals surface area contributed by atoms with Gasteiger partial charge in [-0.05, 0) is 31.1 Å². The van der Waals surface area contributed by atoms with Crippen LogP contribution in [0.25, 0.3) is 0 Å². The summed E-state index contributed by atoms with van der Waals surface area (Å²) < 4.78 is 4.15. The first kappa shape index (κ1) is 19.5. The molecule has 0 atom stereocenters. The van der Waals surface area contributed by atoms with E-state index in [4.69, 9.17) is 0 Å². The van der Waals surface area contributed by atoms with Gasteiger partial charge in [0.25, 0.3) is 12.3 Å². The number of ether oxygens (including phenoxy) is 1. The van der Waals surface area contributed by atoms with Crippen molar-refractivity contribution in [3.63, 3.8) is 0 Å². The Morgan fingerprint density at radius 1 is 1.28 bits per heavy atom. The maximum atomic E-state index is 9.21. The molecule has 1 saturated carbocycles. The van der Waals surface area contributed by atoms with Crippen LogP contribution in [0.1, 0.15) is 67.2 Å². The molecule has 0 saturated heterocycles. The fourth-order valence-corrected chi connectivity index (χ4v) is 1.89. The van der Waals surface area contributed by atoms with Crippen molar-refractivity contribution in [1.82, 2.24) is 0 Å². The minimum absolute atomic E-state index is 0.431. The lowest BCUT2D eigenvalue weighted by Crippen LogP contribution is -2.25. The van der Waals surface area contributed by atoms with Crippen LogP contribution in [0.2, 0.25) is 0 Å². The van der Waals surface area contributed by atoms with Crippen molar-refractivity contribution < 1.29 is 14.3 Å². The summed E-state index contributed by atoms with van der Waals surface area (Å²) in [7, 11) is 0. The molecule has 0 aromatic rings. The Morgan fingerprint density at radius 2 is 1.72 bits per heavy atom. The molecule has 1 aliphatic rings. The summed E-state index contributed by atoms with van der Waals surface area (Å²) in [6, 6.07) is 0. The lowest BCUT2D eigenvalue weighted by molar-refractivity contribution is -0.128. The molecule has 1 N–H and O–H groups in total. The van der Waals surface area contributed by atoms with E-state index in [1.165, 1.54) is 12.8 Å². The maximum Gasteiger partial charge on any atom is 0.293 e. The van der Waals surface area contributed by atoms with Crippen LogP contribution in [0.3, 0.4) is 0 Å². The summed E-state index contributed by atoms with van der Waals surface area (Å²) in [6.45, 7) is 13.5.